The topological polar surface area (TPSA) is 18.5 Å². The number of hydrogen-bond acceptors (Lipinski definition) is 3. The quantitative estimate of drug-likeness (QED) is 0.668. The molecule has 0 saturated heterocycles. The first-order valence-corrected chi connectivity index (χ1v) is 8.28. The minimum Gasteiger partial charge on any atom is -0.372 e. The van der Waals surface area contributed by atoms with Crippen molar-refractivity contribution in [3.05, 3.63) is 29.3 Å². The highest BCUT2D eigenvalue weighted by Gasteiger charge is 2.10. The normalized spacial score (nSPS) is 11.1. The molecule has 0 aromatic heterocycles. The van der Waals surface area contributed by atoms with Crippen molar-refractivity contribution in [1.29, 1.82) is 0 Å². The monoisotopic (exact) mass is 291 g/mol. The summed E-state index contributed by atoms with van der Waals surface area (Å²) in [4.78, 5) is 4.76. The van der Waals surface area contributed by atoms with Gasteiger partial charge in [-0.2, -0.15) is 0 Å². The smallest absolute Gasteiger partial charge is 0.0411 e. The number of anilines is 1. The number of nitrogens with zero attached hydrogens (tertiary/aromatic N) is 2. The van der Waals surface area contributed by atoms with E-state index in [-0.39, 0.29) is 0 Å². The number of nitrogens with one attached hydrogen (secondary N) is 1. The van der Waals surface area contributed by atoms with Crippen LogP contribution in [0.4, 0.5) is 5.69 Å². The lowest BCUT2D eigenvalue weighted by atomic mass is 10.1. The lowest BCUT2D eigenvalue weighted by molar-refractivity contribution is 0.400. The van der Waals surface area contributed by atoms with E-state index >= 15 is 0 Å². The van der Waals surface area contributed by atoms with E-state index in [0.717, 1.165) is 32.7 Å². The summed E-state index contributed by atoms with van der Waals surface area (Å²) in [5.74, 6) is 0. The average Bonchev–Trinajstić information content (AvgIpc) is 2.44. The van der Waals surface area contributed by atoms with Gasteiger partial charge in [-0.3, -0.25) is 0 Å². The first kappa shape index (κ1) is 18.0. The maximum atomic E-state index is 3.54. The Morgan fingerprint density at radius 2 is 1.86 bits per heavy atom. The minimum atomic E-state index is 0.967. The Hall–Kier alpha value is -1.06. The van der Waals surface area contributed by atoms with Gasteiger partial charge in [0.15, 0.2) is 0 Å². The van der Waals surface area contributed by atoms with Crippen molar-refractivity contribution >= 4 is 5.69 Å². The van der Waals surface area contributed by atoms with E-state index in [2.05, 4.69) is 68.2 Å². The molecule has 0 heterocycles. The van der Waals surface area contributed by atoms with Gasteiger partial charge in [0.05, 0.1) is 0 Å². The van der Waals surface area contributed by atoms with Gasteiger partial charge in [0.25, 0.3) is 0 Å². The molecule has 0 saturated carbocycles. The standard InChI is InChI=1S/C18H33N3/c1-6-11-19-15-17-14-16(3)9-10-18(17)21(7-2)13-8-12-20(4)5/h9-10,14,19H,6-8,11-13,15H2,1-5H3. The average molecular weight is 291 g/mol. The van der Waals surface area contributed by atoms with E-state index in [1.54, 1.807) is 0 Å². The van der Waals surface area contributed by atoms with Gasteiger partial charge in [-0.15, -0.1) is 0 Å². The van der Waals surface area contributed by atoms with Gasteiger partial charge < -0.3 is 15.1 Å². The van der Waals surface area contributed by atoms with Crippen LogP contribution < -0.4 is 10.2 Å². The summed E-state index contributed by atoms with van der Waals surface area (Å²) in [5.41, 5.74) is 4.16. The highest BCUT2D eigenvalue weighted by molar-refractivity contribution is 5.55. The fraction of sp³-hybridized carbons (Fsp3) is 0.667. The summed E-state index contributed by atoms with van der Waals surface area (Å²) in [7, 11) is 4.28. The molecule has 1 aromatic carbocycles. The molecule has 1 aromatic rings. The largest absolute Gasteiger partial charge is 0.372 e. The molecule has 0 radical (unpaired) electrons. The van der Waals surface area contributed by atoms with Gasteiger partial charge in [-0.05, 0) is 65.5 Å². The molecule has 0 aliphatic heterocycles. The van der Waals surface area contributed by atoms with Gasteiger partial charge in [-0.1, -0.05) is 24.6 Å². The molecule has 21 heavy (non-hydrogen) atoms. The van der Waals surface area contributed by atoms with Crippen LogP contribution in [-0.4, -0.2) is 45.2 Å². The van der Waals surface area contributed by atoms with E-state index in [4.69, 9.17) is 0 Å². The van der Waals surface area contributed by atoms with Gasteiger partial charge >= 0.3 is 0 Å². The van der Waals surface area contributed by atoms with E-state index in [1.807, 2.05) is 0 Å². The highest BCUT2D eigenvalue weighted by atomic mass is 15.1. The van der Waals surface area contributed by atoms with Crippen molar-refractivity contribution in [2.45, 2.75) is 40.2 Å². The van der Waals surface area contributed by atoms with E-state index in [0.29, 0.717) is 0 Å². The number of hydrogen-bond donors (Lipinski definition) is 1. The van der Waals surface area contributed by atoms with E-state index in [1.165, 1.54) is 29.7 Å². The zero-order valence-electron chi connectivity index (χ0n) is 14.6. The summed E-state index contributed by atoms with van der Waals surface area (Å²) in [5, 5.41) is 3.54. The van der Waals surface area contributed by atoms with Crippen molar-refractivity contribution < 1.29 is 0 Å². The Morgan fingerprint density at radius 3 is 2.48 bits per heavy atom. The van der Waals surface area contributed by atoms with Crippen LogP contribution in [0.2, 0.25) is 0 Å². The third-order valence-electron chi connectivity index (χ3n) is 3.73. The molecule has 0 aliphatic rings. The molecule has 0 amide bonds. The second kappa shape index (κ2) is 9.80. The van der Waals surface area contributed by atoms with E-state index < -0.39 is 0 Å². The second-order valence-electron chi connectivity index (χ2n) is 6.05. The van der Waals surface area contributed by atoms with Crippen LogP contribution in [0.5, 0.6) is 0 Å². The predicted octanol–water partition coefficient (Wildman–Crippen LogP) is 3.27. The molecule has 0 bridgehead atoms. The summed E-state index contributed by atoms with van der Waals surface area (Å²) in [6, 6.07) is 6.84. The zero-order chi connectivity index (χ0) is 15.7. The lowest BCUT2D eigenvalue weighted by Gasteiger charge is -2.27. The van der Waals surface area contributed by atoms with Crippen molar-refractivity contribution in [3.8, 4) is 0 Å². The summed E-state index contributed by atoms with van der Waals surface area (Å²) in [6.07, 6.45) is 2.39. The molecular formula is C18H33N3. The molecule has 0 aliphatic carbocycles. The van der Waals surface area contributed by atoms with Crippen LogP contribution in [0.15, 0.2) is 18.2 Å². The van der Waals surface area contributed by atoms with Crippen LogP contribution in [0.1, 0.15) is 37.8 Å². The first-order valence-electron chi connectivity index (χ1n) is 8.28. The van der Waals surface area contributed by atoms with Crippen molar-refractivity contribution in [2.75, 3.05) is 45.2 Å². The molecule has 0 unspecified atom stereocenters. The van der Waals surface area contributed by atoms with Crippen LogP contribution >= 0.6 is 0 Å². The van der Waals surface area contributed by atoms with Crippen LogP contribution in [0.3, 0.4) is 0 Å². The summed E-state index contributed by atoms with van der Waals surface area (Å²) < 4.78 is 0. The highest BCUT2D eigenvalue weighted by Crippen LogP contribution is 2.22. The van der Waals surface area contributed by atoms with Gasteiger partial charge in [0, 0.05) is 25.3 Å². The minimum absolute atomic E-state index is 0.967. The lowest BCUT2D eigenvalue weighted by Crippen LogP contribution is -2.28. The second-order valence-corrected chi connectivity index (χ2v) is 6.05. The van der Waals surface area contributed by atoms with Gasteiger partial charge in [-0.25, -0.2) is 0 Å². The third-order valence-corrected chi connectivity index (χ3v) is 3.73. The predicted molar refractivity (Wildman–Crippen MR) is 94.2 cm³/mol. The Morgan fingerprint density at radius 1 is 1.10 bits per heavy atom. The molecule has 3 nitrogen and oxygen atoms in total. The Bertz CT molecular complexity index is 401. The summed E-state index contributed by atoms with van der Waals surface area (Å²) >= 11 is 0. The van der Waals surface area contributed by atoms with Crippen LogP contribution in [0, 0.1) is 6.92 Å². The molecular weight excluding hydrogens is 258 g/mol. The van der Waals surface area contributed by atoms with Gasteiger partial charge in [0.2, 0.25) is 0 Å². The molecule has 0 spiro atoms. The zero-order valence-corrected chi connectivity index (χ0v) is 14.6. The fourth-order valence-corrected chi connectivity index (χ4v) is 2.59. The van der Waals surface area contributed by atoms with Crippen LogP contribution in [0.25, 0.3) is 0 Å². The molecule has 3 heteroatoms. The molecule has 1 rings (SSSR count). The Labute approximate surface area is 131 Å². The Balaban J connectivity index is 2.76. The maximum absolute atomic E-state index is 3.54. The Kier molecular flexibility index (Phi) is 8.40. The fourth-order valence-electron chi connectivity index (χ4n) is 2.59. The molecule has 1 N–H and O–H groups in total. The van der Waals surface area contributed by atoms with Crippen molar-refractivity contribution in [3.63, 3.8) is 0 Å². The maximum Gasteiger partial charge on any atom is 0.0411 e. The SMILES string of the molecule is CCCNCc1cc(C)ccc1N(CC)CCCN(C)C. The van der Waals surface area contributed by atoms with Crippen LogP contribution in [-0.2, 0) is 6.54 Å². The molecule has 120 valence electrons. The van der Waals surface area contributed by atoms with Crippen molar-refractivity contribution in [2.24, 2.45) is 0 Å². The number of benzene rings is 1. The van der Waals surface area contributed by atoms with Gasteiger partial charge in [0.1, 0.15) is 0 Å². The number of aryl methyl sites for hydroxylation is 1. The third kappa shape index (κ3) is 6.49. The molecule has 0 fully saturated rings. The molecule has 0 atom stereocenters. The number of rotatable bonds is 10. The van der Waals surface area contributed by atoms with E-state index in [9.17, 15) is 0 Å². The first-order chi connectivity index (χ1) is 10.1. The summed E-state index contributed by atoms with van der Waals surface area (Å²) in [6.45, 7) is 12.0. The van der Waals surface area contributed by atoms with Crippen molar-refractivity contribution in [1.82, 2.24) is 10.2 Å².